The largest absolute Gasteiger partial charge is 0.345 e. The van der Waals surface area contributed by atoms with Crippen molar-refractivity contribution in [3.63, 3.8) is 0 Å². The fourth-order valence-electron chi connectivity index (χ4n) is 0.880. The minimum Gasteiger partial charge on any atom is -0.345 e. The third-order valence-corrected chi connectivity index (χ3v) is 1.33. The molecule has 0 aliphatic rings. The van der Waals surface area contributed by atoms with Crippen LogP contribution in [0.4, 0.5) is 0 Å². The number of benzene rings is 1. The molecule has 1 aromatic carbocycles. The molecule has 2 rings (SSSR count). The van der Waals surface area contributed by atoms with Crippen LogP contribution in [0.3, 0.4) is 0 Å². The Balaban J connectivity index is 0.000000500. The molecule has 10 heavy (non-hydrogen) atoms. The molecule has 0 amide bonds. The molecule has 3 heteroatoms. The Morgan fingerprint density at radius 3 is 2.80 bits per heavy atom. The SMILES string of the molecule is [W].c1ccc2[nH]cnc2c1. The van der Waals surface area contributed by atoms with Gasteiger partial charge in [0, 0.05) is 21.1 Å². The Morgan fingerprint density at radius 2 is 2.00 bits per heavy atom. The van der Waals surface area contributed by atoms with E-state index in [0.717, 1.165) is 11.0 Å². The van der Waals surface area contributed by atoms with Gasteiger partial charge in [-0.2, -0.15) is 0 Å². The summed E-state index contributed by atoms with van der Waals surface area (Å²) in [6.07, 6.45) is 1.70. The number of fused-ring (bicyclic) bond motifs is 1. The summed E-state index contributed by atoms with van der Waals surface area (Å²) in [5, 5.41) is 0. The quantitative estimate of drug-likeness (QED) is 0.786. The third kappa shape index (κ3) is 1.12. The van der Waals surface area contributed by atoms with Crippen molar-refractivity contribution in [2.75, 3.05) is 0 Å². The minimum absolute atomic E-state index is 0. The van der Waals surface area contributed by atoms with E-state index in [1.165, 1.54) is 0 Å². The zero-order chi connectivity index (χ0) is 6.10. The number of imidazole rings is 1. The van der Waals surface area contributed by atoms with Crippen molar-refractivity contribution in [1.82, 2.24) is 9.97 Å². The van der Waals surface area contributed by atoms with Gasteiger partial charge in [0.25, 0.3) is 0 Å². The van der Waals surface area contributed by atoms with Crippen molar-refractivity contribution in [1.29, 1.82) is 0 Å². The van der Waals surface area contributed by atoms with Crippen LogP contribution in [0.25, 0.3) is 11.0 Å². The van der Waals surface area contributed by atoms with Crippen molar-refractivity contribution in [2.24, 2.45) is 0 Å². The average Bonchev–Trinajstić information content (AvgIpc) is 2.33. The maximum atomic E-state index is 4.06. The molecule has 2 nitrogen and oxygen atoms in total. The van der Waals surface area contributed by atoms with Crippen LogP contribution in [0.1, 0.15) is 0 Å². The van der Waals surface area contributed by atoms with Crippen molar-refractivity contribution in [2.45, 2.75) is 0 Å². The number of aromatic amines is 1. The number of rotatable bonds is 0. The molecule has 0 aliphatic heterocycles. The van der Waals surface area contributed by atoms with E-state index in [0.29, 0.717) is 0 Å². The van der Waals surface area contributed by atoms with Gasteiger partial charge in [0.15, 0.2) is 0 Å². The molecule has 0 fully saturated rings. The first-order valence-corrected chi connectivity index (χ1v) is 2.85. The first-order valence-electron chi connectivity index (χ1n) is 2.85. The fourth-order valence-corrected chi connectivity index (χ4v) is 0.880. The third-order valence-electron chi connectivity index (χ3n) is 1.33. The summed E-state index contributed by atoms with van der Waals surface area (Å²) in [6, 6.07) is 7.94. The van der Waals surface area contributed by atoms with Crippen molar-refractivity contribution >= 4 is 11.0 Å². The van der Waals surface area contributed by atoms with Crippen LogP contribution in [0.15, 0.2) is 30.6 Å². The number of nitrogens with one attached hydrogen (secondary N) is 1. The maximum Gasteiger partial charge on any atom is 0.0931 e. The Morgan fingerprint density at radius 1 is 1.20 bits per heavy atom. The molecule has 0 saturated heterocycles. The molecule has 0 aliphatic carbocycles. The van der Waals surface area contributed by atoms with E-state index >= 15 is 0 Å². The van der Waals surface area contributed by atoms with Gasteiger partial charge in [-0.05, 0) is 12.1 Å². The summed E-state index contributed by atoms with van der Waals surface area (Å²) in [6.45, 7) is 0. The Labute approximate surface area is 72.9 Å². The molecule has 0 radical (unpaired) electrons. The Hall–Kier alpha value is -0.622. The molecule has 0 atom stereocenters. The average molecular weight is 302 g/mol. The summed E-state index contributed by atoms with van der Waals surface area (Å²) in [5.41, 5.74) is 2.12. The van der Waals surface area contributed by atoms with E-state index in [1.54, 1.807) is 6.33 Å². The number of aromatic nitrogens is 2. The van der Waals surface area contributed by atoms with Crippen molar-refractivity contribution < 1.29 is 21.1 Å². The van der Waals surface area contributed by atoms with Crippen LogP contribution in [0.5, 0.6) is 0 Å². The molecular formula is C7H6N2W. The topological polar surface area (TPSA) is 28.7 Å². The number of nitrogens with zero attached hydrogens (tertiary/aromatic N) is 1. The van der Waals surface area contributed by atoms with E-state index in [9.17, 15) is 0 Å². The van der Waals surface area contributed by atoms with Gasteiger partial charge in [0.1, 0.15) is 0 Å². The molecular weight excluding hydrogens is 296 g/mol. The zero-order valence-corrected chi connectivity index (χ0v) is 8.18. The second-order valence-electron chi connectivity index (χ2n) is 1.92. The monoisotopic (exact) mass is 302 g/mol. The molecule has 50 valence electrons. The van der Waals surface area contributed by atoms with Crippen molar-refractivity contribution in [3.8, 4) is 0 Å². The summed E-state index contributed by atoms with van der Waals surface area (Å²) in [4.78, 5) is 7.07. The minimum atomic E-state index is 0. The van der Waals surface area contributed by atoms with Gasteiger partial charge < -0.3 is 4.98 Å². The molecule has 0 bridgehead atoms. The van der Waals surface area contributed by atoms with Gasteiger partial charge in [0.2, 0.25) is 0 Å². The second kappa shape index (κ2) is 2.98. The summed E-state index contributed by atoms with van der Waals surface area (Å²) in [7, 11) is 0. The van der Waals surface area contributed by atoms with Gasteiger partial charge >= 0.3 is 0 Å². The van der Waals surface area contributed by atoms with E-state index in [4.69, 9.17) is 0 Å². The van der Waals surface area contributed by atoms with E-state index in [2.05, 4.69) is 9.97 Å². The van der Waals surface area contributed by atoms with Crippen LogP contribution in [-0.2, 0) is 21.1 Å². The van der Waals surface area contributed by atoms with Crippen LogP contribution < -0.4 is 0 Å². The summed E-state index contributed by atoms with van der Waals surface area (Å²) in [5.74, 6) is 0. The first kappa shape index (κ1) is 7.48. The van der Waals surface area contributed by atoms with Crippen LogP contribution >= 0.6 is 0 Å². The van der Waals surface area contributed by atoms with E-state index < -0.39 is 0 Å². The standard InChI is InChI=1S/C7H6N2.W/c1-2-4-7-6(3-1)8-5-9-7;/h1-5H,(H,8,9);. The predicted molar refractivity (Wildman–Crippen MR) is 36.1 cm³/mol. The Bertz CT molecular complexity index is 286. The molecule has 0 unspecified atom stereocenters. The molecule has 2 aromatic rings. The molecule has 1 heterocycles. The smallest absolute Gasteiger partial charge is 0.0931 e. The molecule has 0 spiro atoms. The van der Waals surface area contributed by atoms with Crippen LogP contribution in [0.2, 0.25) is 0 Å². The summed E-state index contributed by atoms with van der Waals surface area (Å²) < 4.78 is 0. The van der Waals surface area contributed by atoms with Crippen LogP contribution in [0, 0.1) is 0 Å². The normalized spacial score (nSPS) is 9.20. The zero-order valence-electron chi connectivity index (χ0n) is 5.24. The number of hydrogen-bond acceptors (Lipinski definition) is 1. The number of para-hydroxylation sites is 2. The van der Waals surface area contributed by atoms with E-state index in [-0.39, 0.29) is 21.1 Å². The first-order chi connectivity index (χ1) is 4.47. The van der Waals surface area contributed by atoms with Gasteiger partial charge in [0.05, 0.1) is 17.4 Å². The van der Waals surface area contributed by atoms with Crippen LogP contribution in [-0.4, -0.2) is 9.97 Å². The van der Waals surface area contributed by atoms with Gasteiger partial charge in [-0.25, -0.2) is 4.98 Å². The predicted octanol–water partition coefficient (Wildman–Crippen LogP) is 1.56. The van der Waals surface area contributed by atoms with E-state index in [1.807, 2.05) is 24.3 Å². The maximum absolute atomic E-state index is 4.06. The van der Waals surface area contributed by atoms with Gasteiger partial charge in [-0.15, -0.1) is 0 Å². The molecule has 1 aromatic heterocycles. The van der Waals surface area contributed by atoms with Gasteiger partial charge in [-0.1, -0.05) is 12.1 Å². The van der Waals surface area contributed by atoms with Gasteiger partial charge in [-0.3, -0.25) is 0 Å². The molecule has 1 N–H and O–H groups in total. The molecule has 0 saturated carbocycles. The fraction of sp³-hybridized carbons (Fsp3) is 0. The van der Waals surface area contributed by atoms with Crippen molar-refractivity contribution in [3.05, 3.63) is 30.6 Å². The Kier molecular flexibility index (Phi) is 2.23. The number of hydrogen-bond donors (Lipinski definition) is 1. The second-order valence-corrected chi connectivity index (χ2v) is 1.92. The number of H-pyrrole nitrogens is 1. The summed E-state index contributed by atoms with van der Waals surface area (Å²) >= 11 is 0.